The Labute approximate surface area is 203 Å². The van der Waals surface area contributed by atoms with Crippen LogP contribution in [0.1, 0.15) is 47.6 Å². The van der Waals surface area contributed by atoms with Crippen LogP contribution in [0.25, 0.3) is 11.4 Å². The van der Waals surface area contributed by atoms with Crippen LogP contribution in [0, 0.1) is 12.8 Å². The maximum atomic E-state index is 12.5. The van der Waals surface area contributed by atoms with E-state index >= 15 is 0 Å². The van der Waals surface area contributed by atoms with Crippen molar-refractivity contribution in [1.29, 1.82) is 0 Å². The summed E-state index contributed by atoms with van der Waals surface area (Å²) < 4.78 is 5.21. The Hall–Kier alpha value is -2.55. The number of thiazole rings is 1. The molecule has 174 valence electrons. The summed E-state index contributed by atoms with van der Waals surface area (Å²) in [4.78, 5) is 29.9. The van der Waals surface area contributed by atoms with Gasteiger partial charge >= 0.3 is 5.97 Å². The number of benzene rings is 1. The maximum Gasteiger partial charge on any atom is 0.343 e. The zero-order chi connectivity index (χ0) is 23.4. The van der Waals surface area contributed by atoms with Gasteiger partial charge in [-0.15, -0.1) is 11.3 Å². The molecule has 1 aliphatic rings. The van der Waals surface area contributed by atoms with Gasteiger partial charge in [-0.1, -0.05) is 18.5 Å². The number of anilines is 2. The standard InChI is InChI=1S/C24H28ClN5O2S/c1-4-32-23(31)19-13-26-21(17-5-7-18(25)8-6-17)28-22(19)29-24-27-16(3)20(33-24)14-30-11-9-15(2)10-12-30/h5-8,13,15H,4,9-12,14H2,1-3H3,(H,26,27,28,29). The Morgan fingerprint density at radius 2 is 1.97 bits per heavy atom. The van der Waals surface area contributed by atoms with E-state index in [0.717, 1.165) is 36.8 Å². The number of rotatable bonds is 7. The number of hydrogen-bond donors (Lipinski definition) is 1. The third-order valence-corrected chi connectivity index (χ3v) is 7.06. The number of aromatic nitrogens is 3. The minimum Gasteiger partial charge on any atom is -0.462 e. The van der Waals surface area contributed by atoms with Gasteiger partial charge in [0.25, 0.3) is 0 Å². The number of esters is 1. The number of ether oxygens (including phenoxy) is 1. The molecule has 0 saturated carbocycles. The second-order valence-electron chi connectivity index (χ2n) is 8.29. The molecule has 0 aliphatic carbocycles. The van der Waals surface area contributed by atoms with E-state index < -0.39 is 5.97 Å². The van der Waals surface area contributed by atoms with Crippen molar-refractivity contribution in [2.24, 2.45) is 5.92 Å². The number of halogens is 1. The van der Waals surface area contributed by atoms with Crippen LogP contribution in [-0.2, 0) is 11.3 Å². The van der Waals surface area contributed by atoms with Crippen LogP contribution < -0.4 is 5.32 Å². The van der Waals surface area contributed by atoms with Gasteiger partial charge in [-0.05, 0) is 70.0 Å². The fourth-order valence-corrected chi connectivity index (χ4v) is 4.86. The average molecular weight is 486 g/mol. The predicted molar refractivity (Wildman–Crippen MR) is 132 cm³/mol. The summed E-state index contributed by atoms with van der Waals surface area (Å²) in [6.07, 6.45) is 3.97. The highest BCUT2D eigenvalue weighted by atomic mass is 35.5. The number of nitrogens with zero attached hydrogens (tertiary/aromatic N) is 4. The van der Waals surface area contributed by atoms with Crippen LogP contribution >= 0.6 is 22.9 Å². The summed E-state index contributed by atoms with van der Waals surface area (Å²) in [7, 11) is 0. The van der Waals surface area contributed by atoms with Crippen molar-refractivity contribution in [2.75, 3.05) is 25.0 Å². The first-order valence-electron chi connectivity index (χ1n) is 11.2. The predicted octanol–water partition coefficient (Wildman–Crippen LogP) is 5.71. The first-order valence-corrected chi connectivity index (χ1v) is 12.4. The molecule has 1 fully saturated rings. The molecule has 2 aromatic heterocycles. The first-order chi connectivity index (χ1) is 15.9. The molecule has 7 nitrogen and oxygen atoms in total. The second kappa shape index (κ2) is 10.6. The Morgan fingerprint density at radius 1 is 1.24 bits per heavy atom. The molecule has 4 rings (SSSR count). The molecule has 3 heterocycles. The molecule has 1 N–H and O–H groups in total. The highest BCUT2D eigenvalue weighted by molar-refractivity contribution is 7.15. The van der Waals surface area contributed by atoms with Gasteiger partial charge < -0.3 is 10.1 Å². The van der Waals surface area contributed by atoms with E-state index in [2.05, 4.69) is 27.1 Å². The molecule has 0 atom stereocenters. The van der Waals surface area contributed by atoms with Crippen LogP contribution in [0.15, 0.2) is 30.5 Å². The van der Waals surface area contributed by atoms with Gasteiger partial charge in [-0.25, -0.2) is 19.7 Å². The van der Waals surface area contributed by atoms with E-state index in [-0.39, 0.29) is 12.2 Å². The number of aryl methyl sites for hydroxylation is 1. The monoisotopic (exact) mass is 485 g/mol. The number of hydrogen-bond acceptors (Lipinski definition) is 8. The van der Waals surface area contributed by atoms with Gasteiger partial charge in [0.2, 0.25) is 0 Å². The lowest BCUT2D eigenvalue weighted by atomic mass is 9.99. The Balaban J connectivity index is 1.59. The summed E-state index contributed by atoms with van der Waals surface area (Å²) in [6, 6.07) is 7.25. The van der Waals surface area contributed by atoms with E-state index in [1.165, 1.54) is 23.9 Å². The van der Waals surface area contributed by atoms with Crippen LogP contribution in [0.3, 0.4) is 0 Å². The molecule has 0 spiro atoms. The molecule has 9 heteroatoms. The molecular weight excluding hydrogens is 458 g/mol. The van der Waals surface area contributed by atoms with E-state index in [0.29, 0.717) is 21.8 Å². The number of likely N-dealkylation sites (tertiary alicyclic amines) is 1. The van der Waals surface area contributed by atoms with Crippen molar-refractivity contribution in [1.82, 2.24) is 19.9 Å². The van der Waals surface area contributed by atoms with E-state index in [4.69, 9.17) is 21.3 Å². The molecule has 33 heavy (non-hydrogen) atoms. The van der Waals surface area contributed by atoms with Crippen LogP contribution in [-0.4, -0.2) is 45.5 Å². The molecule has 1 saturated heterocycles. The molecule has 1 aliphatic heterocycles. The normalized spacial score (nSPS) is 14.9. The molecule has 0 amide bonds. The summed E-state index contributed by atoms with van der Waals surface area (Å²) in [5.41, 5.74) is 2.06. The number of piperidine rings is 1. The molecule has 1 aromatic carbocycles. The minimum absolute atomic E-state index is 0.270. The zero-order valence-corrected chi connectivity index (χ0v) is 20.7. The topological polar surface area (TPSA) is 80.2 Å². The van der Waals surface area contributed by atoms with Crippen molar-refractivity contribution >= 4 is 39.9 Å². The lowest BCUT2D eigenvalue weighted by Gasteiger charge is -2.29. The fourth-order valence-electron chi connectivity index (χ4n) is 3.73. The van der Waals surface area contributed by atoms with E-state index in [1.54, 1.807) is 30.4 Å². The SMILES string of the molecule is CCOC(=O)c1cnc(-c2ccc(Cl)cc2)nc1Nc1nc(C)c(CN2CCC(C)CC2)s1. The van der Waals surface area contributed by atoms with Gasteiger partial charge in [0, 0.05) is 28.2 Å². The van der Waals surface area contributed by atoms with E-state index in [9.17, 15) is 4.79 Å². The van der Waals surface area contributed by atoms with Crippen LogP contribution in [0.5, 0.6) is 0 Å². The Kier molecular flexibility index (Phi) is 7.57. The van der Waals surface area contributed by atoms with Crippen molar-refractivity contribution in [3.63, 3.8) is 0 Å². The molecule has 0 radical (unpaired) electrons. The first kappa shape index (κ1) is 23.6. The third-order valence-electron chi connectivity index (χ3n) is 5.75. The smallest absolute Gasteiger partial charge is 0.343 e. The van der Waals surface area contributed by atoms with Crippen molar-refractivity contribution < 1.29 is 9.53 Å². The Morgan fingerprint density at radius 3 is 2.67 bits per heavy atom. The Bertz CT molecular complexity index is 1110. The second-order valence-corrected chi connectivity index (χ2v) is 9.81. The molecule has 0 unspecified atom stereocenters. The fraction of sp³-hybridized carbons (Fsp3) is 0.417. The number of nitrogens with one attached hydrogen (secondary N) is 1. The average Bonchev–Trinajstić information content (AvgIpc) is 3.14. The maximum absolute atomic E-state index is 12.5. The summed E-state index contributed by atoms with van der Waals surface area (Å²) >= 11 is 7.60. The highest BCUT2D eigenvalue weighted by Crippen LogP contribution is 2.30. The zero-order valence-electron chi connectivity index (χ0n) is 19.1. The molecule has 0 bridgehead atoms. The summed E-state index contributed by atoms with van der Waals surface area (Å²) in [5.74, 6) is 1.19. The molecule has 3 aromatic rings. The summed E-state index contributed by atoms with van der Waals surface area (Å²) in [6.45, 7) is 9.50. The van der Waals surface area contributed by atoms with Gasteiger partial charge in [-0.3, -0.25) is 4.90 Å². The van der Waals surface area contributed by atoms with Gasteiger partial charge in [0.05, 0.1) is 12.3 Å². The van der Waals surface area contributed by atoms with Crippen molar-refractivity contribution in [3.05, 3.63) is 51.6 Å². The van der Waals surface area contributed by atoms with Crippen LogP contribution in [0.2, 0.25) is 5.02 Å². The van der Waals surface area contributed by atoms with Crippen LogP contribution in [0.4, 0.5) is 10.9 Å². The van der Waals surface area contributed by atoms with Gasteiger partial charge in [0.15, 0.2) is 16.8 Å². The van der Waals surface area contributed by atoms with E-state index in [1.807, 2.05) is 19.1 Å². The van der Waals surface area contributed by atoms with Gasteiger partial charge in [0.1, 0.15) is 5.56 Å². The lowest BCUT2D eigenvalue weighted by Crippen LogP contribution is -2.32. The van der Waals surface area contributed by atoms with Crippen molar-refractivity contribution in [2.45, 2.75) is 40.2 Å². The number of carbonyl (C=O) groups excluding carboxylic acids is 1. The lowest BCUT2D eigenvalue weighted by molar-refractivity contribution is 0.0526. The summed E-state index contributed by atoms with van der Waals surface area (Å²) in [5, 5.41) is 4.58. The quantitative estimate of drug-likeness (QED) is 0.429. The highest BCUT2D eigenvalue weighted by Gasteiger charge is 2.21. The van der Waals surface area contributed by atoms with Crippen molar-refractivity contribution in [3.8, 4) is 11.4 Å². The van der Waals surface area contributed by atoms with Gasteiger partial charge in [-0.2, -0.15) is 0 Å². The largest absolute Gasteiger partial charge is 0.462 e. The minimum atomic E-state index is -0.474. The number of carbonyl (C=O) groups is 1. The third kappa shape index (κ3) is 5.88. The molecular formula is C24H28ClN5O2S.